The number of carboxylic acid groups (broad SMARTS) is 1. The van der Waals surface area contributed by atoms with Crippen molar-refractivity contribution in [2.24, 2.45) is 0 Å². The molecule has 0 aliphatic heterocycles. The van der Waals surface area contributed by atoms with E-state index in [1.54, 1.807) is 6.07 Å². The highest BCUT2D eigenvalue weighted by atomic mass is 19.1. The van der Waals surface area contributed by atoms with Gasteiger partial charge in [-0.3, -0.25) is 0 Å². The molecule has 2 heterocycles. The van der Waals surface area contributed by atoms with Crippen molar-refractivity contribution >= 4 is 5.97 Å². The second-order valence-corrected chi connectivity index (χ2v) is 7.22. The molecule has 140 valence electrons. The summed E-state index contributed by atoms with van der Waals surface area (Å²) in [5.41, 5.74) is 0.824. The van der Waals surface area contributed by atoms with Crippen LogP contribution in [0.15, 0.2) is 36.5 Å². The van der Waals surface area contributed by atoms with E-state index in [4.69, 9.17) is 0 Å². The van der Waals surface area contributed by atoms with Crippen molar-refractivity contribution < 1.29 is 18.7 Å². The molecule has 6 nitrogen and oxygen atoms in total. The summed E-state index contributed by atoms with van der Waals surface area (Å²) in [7, 11) is 0. The van der Waals surface area contributed by atoms with E-state index in [0.717, 1.165) is 18.4 Å². The predicted octanol–water partition coefficient (Wildman–Crippen LogP) is 3.48. The molecule has 2 aliphatic carbocycles. The van der Waals surface area contributed by atoms with Gasteiger partial charge in [0.1, 0.15) is 17.5 Å². The maximum absolute atomic E-state index is 14.2. The average Bonchev–Trinajstić information content (AvgIpc) is 3.27. The first kappa shape index (κ1) is 16.9. The van der Waals surface area contributed by atoms with Crippen LogP contribution in [0.3, 0.4) is 0 Å². The van der Waals surface area contributed by atoms with E-state index in [1.165, 1.54) is 30.5 Å². The molecule has 0 amide bonds. The largest absolute Gasteiger partial charge is 0.477 e. The van der Waals surface area contributed by atoms with E-state index >= 15 is 0 Å². The lowest BCUT2D eigenvalue weighted by Gasteiger charge is -2.25. The number of aromatic carboxylic acids is 1. The molecule has 1 fully saturated rings. The van der Waals surface area contributed by atoms with Crippen LogP contribution in [0.2, 0.25) is 0 Å². The number of hydrogen-bond acceptors (Lipinski definition) is 5. The Balaban J connectivity index is 1.64. The van der Waals surface area contributed by atoms with Crippen LogP contribution in [0, 0.1) is 11.6 Å². The summed E-state index contributed by atoms with van der Waals surface area (Å²) in [6.07, 6.45) is 3.69. The molecule has 2 atom stereocenters. The highest BCUT2D eigenvalue weighted by molar-refractivity contribution is 5.85. The number of halogens is 2. The summed E-state index contributed by atoms with van der Waals surface area (Å²) in [4.78, 5) is 19.8. The summed E-state index contributed by atoms with van der Waals surface area (Å²) in [5, 5.41) is 17.6. The van der Waals surface area contributed by atoms with Crippen LogP contribution in [-0.2, 0) is 5.41 Å². The van der Waals surface area contributed by atoms with Crippen LogP contribution in [-0.4, -0.2) is 31.2 Å². The van der Waals surface area contributed by atoms with Crippen LogP contribution in [0.1, 0.15) is 52.8 Å². The van der Waals surface area contributed by atoms with Crippen molar-refractivity contribution in [1.29, 1.82) is 0 Å². The molecular formula is C20H14F2N4O2. The molecule has 2 aliphatic rings. The van der Waals surface area contributed by atoms with Crippen LogP contribution in [0.5, 0.6) is 0 Å². The molecule has 0 spiro atoms. The number of hydrogen-bond donors (Lipinski definition) is 1. The van der Waals surface area contributed by atoms with Crippen LogP contribution >= 0.6 is 0 Å². The van der Waals surface area contributed by atoms with Crippen molar-refractivity contribution in [2.45, 2.75) is 30.6 Å². The molecule has 3 aromatic rings. The molecule has 1 N–H and O–H groups in total. The molecule has 5 rings (SSSR count). The van der Waals surface area contributed by atoms with Crippen LogP contribution in [0.4, 0.5) is 8.78 Å². The molecular weight excluding hydrogens is 366 g/mol. The Hall–Kier alpha value is -3.29. The van der Waals surface area contributed by atoms with Gasteiger partial charge in [0.05, 0.1) is 22.4 Å². The zero-order valence-corrected chi connectivity index (χ0v) is 14.6. The molecule has 2 aromatic heterocycles. The summed E-state index contributed by atoms with van der Waals surface area (Å²) < 4.78 is 28.3. The minimum Gasteiger partial charge on any atom is -0.477 e. The Kier molecular flexibility index (Phi) is 3.52. The van der Waals surface area contributed by atoms with Crippen molar-refractivity contribution in [2.75, 3.05) is 0 Å². The Bertz CT molecular complexity index is 1120. The number of benzene rings is 1. The van der Waals surface area contributed by atoms with E-state index in [-0.39, 0.29) is 22.9 Å². The number of carboxylic acids is 1. The number of aromatic nitrogens is 4. The van der Waals surface area contributed by atoms with Gasteiger partial charge in [-0.05, 0) is 55.0 Å². The number of nitrogens with zero attached hydrogens (tertiary/aromatic N) is 4. The van der Waals surface area contributed by atoms with E-state index < -0.39 is 23.0 Å². The fourth-order valence-corrected chi connectivity index (χ4v) is 4.50. The zero-order valence-electron chi connectivity index (χ0n) is 14.6. The monoisotopic (exact) mass is 380 g/mol. The number of fused-ring (bicyclic) bond motifs is 5. The summed E-state index contributed by atoms with van der Waals surface area (Å²) in [6.45, 7) is 0. The molecule has 2 bridgehead atoms. The van der Waals surface area contributed by atoms with Gasteiger partial charge in [0.2, 0.25) is 0 Å². The van der Waals surface area contributed by atoms with Gasteiger partial charge in [-0.2, -0.15) is 5.10 Å². The third-order valence-electron chi connectivity index (χ3n) is 5.75. The highest BCUT2D eigenvalue weighted by Gasteiger charge is 2.54. The van der Waals surface area contributed by atoms with Crippen LogP contribution < -0.4 is 0 Å². The maximum Gasteiger partial charge on any atom is 0.354 e. The van der Waals surface area contributed by atoms with Crippen LogP contribution in [0.25, 0.3) is 11.3 Å². The number of carbonyl (C=O) groups is 1. The quantitative estimate of drug-likeness (QED) is 0.748. The van der Waals surface area contributed by atoms with Gasteiger partial charge in [0, 0.05) is 6.20 Å². The SMILES string of the molecule is O=C(O)c1ccnc([C@]23CC[C@H](C2)c2cc(-c4c(F)cccc4F)nnc23)n1. The van der Waals surface area contributed by atoms with Gasteiger partial charge in [-0.25, -0.2) is 23.5 Å². The normalized spacial score (nSPS) is 22.3. The second kappa shape index (κ2) is 5.85. The first-order valence-electron chi connectivity index (χ1n) is 8.89. The third kappa shape index (κ3) is 2.27. The molecule has 8 heteroatoms. The lowest BCUT2D eigenvalue weighted by Crippen LogP contribution is -2.28. The van der Waals surface area contributed by atoms with E-state index in [2.05, 4.69) is 20.2 Å². The molecule has 0 saturated heterocycles. The fraction of sp³-hybridized carbons (Fsp3) is 0.250. The topological polar surface area (TPSA) is 88.9 Å². The summed E-state index contributed by atoms with van der Waals surface area (Å²) in [5.74, 6) is -1.94. The zero-order chi connectivity index (χ0) is 19.5. The first-order valence-corrected chi connectivity index (χ1v) is 8.89. The Labute approximate surface area is 158 Å². The summed E-state index contributed by atoms with van der Waals surface area (Å²) in [6, 6.07) is 6.72. The lowest BCUT2D eigenvalue weighted by atomic mass is 9.82. The minimum atomic E-state index is -1.12. The van der Waals surface area contributed by atoms with Crippen molar-refractivity contribution in [3.05, 3.63) is 70.9 Å². The Morgan fingerprint density at radius 2 is 1.96 bits per heavy atom. The van der Waals surface area contributed by atoms with E-state index in [1.807, 2.05) is 0 Å². The predicted molar refractivity (Wildman–Crippen MR) is 93.7 cm³/mol. The Morgan fingerprint density at radius 1 is 1.18 bits per heavy atom. The lowest BCUT2D eigenvalue weighted by molar-refractivity contribution is 0.0689. The maximum atomic E-state index is 14.2. The third-order valence-corrected chi connectivity index (χ3v) is 5.75. The summed E-state index contributed by atoms with van der Waals surface area (Å²) >= 11 is 0. The van der Waals surface area contributed by atoms with Gasteiger partial charge in [-0.15, -0.1) is 5.10 Å². The molecule has 1 aromatic carbocycles. The highest BCUT2D eigenvalue weighted by Crippen LogP contribution is 2.58. The standard InChI is InChI=1S/C20H14F2N4O2/c21-12-2-1-3-13(22)16(12)15-8-11-10-4-6-20(9-10,17(11)26-25-15)19-23-7-5-14(24-19)18(27)28/h1-3,5,7-8,10H,4,6,9H2,(H,27,28)/t10-,20-/m1/s1. The molecule has 1 saturated carbocycles. The van der Waals surface area contributed by atoms with Gasteiger partial charge in [0.15, 0.2) is 5.69 Å². The number of rotatable bonds is 3. The van der Waals surface area contributed by atoms with Gasteiger partial charge >= 0.3 is 5.97 Å². The second-order valence-electron chi connectivity index (χ2n) is 7.22. The molecule has 0 unspecified atom stereocenters. The minimum absolute atomic E-state index is 0.0747. The van der Waals surface area contributed by atoms with Crippen molar-refractivity contribution in [3.8, 4) is 11.3 Å². The van der Waals surface area contributed by atoms with Gasteiger partial charge in [-0.1, -0.05) is 6.07 Å². The fourth-order valence-electron chi connectivity index (χ4n) is 4.50. The van der Waals surface area contributed by atoms with Gasteiger partial charge in [0.25, 0.3) is 0 Å². The van der Waals surface area contributed by atoms with Crippen molar-refractivity contribution in [3.63, 3.8) is 0 Å². The molecule has 0 radical (unpaired) electrons. The molecule has 28 heavy (non-hydrogen) atoms. The van der Waals surface area contributed by atoms with Crippen molar-refractivity contribution in [1.82, 2.24) is 20.2 Å². The Morgan fingerprint density at radius 3 is 2.71 bits per heavy atom. The smallest absolute Gasteiger partial charge is 0.354 e. The van der Waals surface area contributed by atoms with Gasteiger partial charge < -0.3 is 5.11 Å². The van der Waals surface area contributed by atoms with E-state index in [0.29, 0.717) is 17.9 Å². The van der Waals surface area contributed by atoms with E-state index in [9.17, 15) is 18.7 Å². The average molecular weight is 380 g/mol. The first-order chi connectivity index (χ1) is 13.5.